The lowest BCUT2D eigenvalue weighted by Gasteiger charge is -2.41. The SMILES string of the molecule is N[C@]1(C(=O)O)C[C@H](CCB(O)O)CC[C@H]1CNC(=O)[C@@H]1CCCN1. The second-order valence-corrected chi connectivity index (χ2v) is 7.14. The summed E-state index contributed by atoms with van der Waals surface area (Å²) >= 11 is 0. The molecule has 1 saturated carbocycles. The third-order valence-corrected chi connectivity index (χ3v) is 5.41. The molecule has 1 amide bonds. The fourth-order valence-electron chi connectivity index (χ4n) is 3.87. The summed E-state index contributed by atoms with van der Waals surface area (Å²) < 4.78 is 0. The Bertz CT molecular complexity index is 458. The Morgan fingerprint density at radius 3 is 2.62 bits per heavy atom. The van der Waals surface area contributed by atoms with E-state index < -0.39 is 18.6 Å². The predicted octanol–water partition coefficient (Wildman–Crippen LogP) is -1.08. The number of carbonyl (C=O) groups is 2. The van der Waals surface area contributed by atoms with Crippen LogP contribution in [0, 0.1) is 11.8 Å². The normalized spacial score (nSPS) is 33.2. The van der Waals surface area contributed by atoms with Crippen molar-refractivity contribution in [2.45, 2.75) is 56.4 Å². The quantitative estimate of drug-likeness (QED) is 0.323. The van der Waals surface area contributed by atoms with Gasteiger partial charge in [0.15, 0.2) is 0 Å². The van der Waals surface area contributed by atoms with Gasteiger partial charge in [0.1, 0.15) is 5.54 Å². The van der Waals surface area contributed by atoms with E-state index in [1.807, 2.05) is 0 Å². The van der Waals surface area contributed by atoms with Crippen LogP contribution in [-0.4, -0.2) is 58.8 Å². The third-order valence-electron chi connectivity index (χ3n) is 5.41. The van der Waals surface area contributed by atoms with Gasteiger partial charge in [-0.15, -0.1) is 0 Å². The molecule has 0 unspecified atom stereocenters. The lowest BCUT2D eigenvalue weighted by molar-refractivity contribution is -0.148. The van der Waals surface area contributed by atoms with E-state index in [1.54, 1.807) is 0 Å². The van der Waals surface area contributed by atoms with Gasteiger partial charge in [-0.05, 0) is 50.9 Å². The summed E-state index contributed by atoms with van der Waals surface area (Å²) in [4.78, 5) is 23.8. The number of nitrogens with two attached hydrogens (primary N) is 1. The minimum atomic E-state index is -1.39. The Balaban J connectivity index is 1.91. The second-order valence-electron chi connectivity index (χ2n) is 7.14. The standard InChI is InChI=1S/C15H28BN3O5/c17-15(14(21)22)8-10(5-6-16(23)24)3-4-11(15)9-19-13(20)12-2-1-7-18-12/h10-12,18,23-24H,1-9,17H2,(H,19,20)(H,21,22)/t10-,11-,12-,15+/m0/s1. The number of carboxylic acid groups (broad SMARTS) is 1. The number of hydrogen-bond donors (Lipinski definition) is 6. The Morgan fingerprint density at radius 2 is 2.04 bits per heavy atom. The molecule has 0 aromatic carbocycles. The van der Waals surface area contributed by atoms with Crippen molar-refractivity contribution in [1.82, 2.24) is 10.6 Å². The van der Waals surface area contributed by atoms with Gasteiger partial charge in [0.25, 0.3) is 0 Å². The zero-order valence-electron chi connectivity index (χ0n) is 13.9. The number of nitrogens with one attached hydrogen (secondary N) is 2. The van der Waals surface area contributed by atoms with Gasteiger partial charge >= 0.3 is 13.1 Å². The highest BCUT2D eigenvalue weighted by Gasteiger charge is 2.47. The van der Waals surface area contributed by atoms with Gasteiger partial charge in [0.2, 0.25) is 5.91 Å². The fourth-order valence-corrected chi connectivity index (χ4v) is 3.87. The van der Waals surface area contributed by atoms with Crippen molar-refractivity contribution in [2.75, 3.05) is 13.1 Å². The summed E-state index contributed by atoms with van der Waals surface area (Å²) in [6.45, 7) is 1.09. The van der Waals surface area contributed by atoms with Crippen LogP contribution in [-0.2, 0) is 9.59 Å². The first-order chi connectivity index (χ1) is 11.3. The van der Waals surface area contributed by atoms with Crippen molar-refractivity contribution in [1.29, 1.82) is 0 Å². The molecule has 2 fully saturated rings. The Hall–Kier alpha value is -1.16. The first-order valence-electron chi connectivity index (χ1n) is 8.72. The molecule has 1 heterocycles. The molecular formula is C15H28BN3O5. The Kier molecular flexibility index (Phi) is 6.62. The van der Waals surface area contributed by atoms with Crippen molar-refractivity contribution < 1.29 is 24.7 Å². The monoisotopic (exact) mass is 341 g/mol. The van der Waals surface area contributed by atoms with Crippen LogP contribution in [0.3, 0.4) is 0 Å². The van der Waals surface area contributed by atoms with Crippen LogP contribution < -0.4 is 16.4 Å². The van der Waals surface area contributed by atoms with Crippen molar-refractivity contribution in [3.8, 4) is 0 Å². The summed E-state index contributed by atoms with van der Waals surface area (Å²) in [7, 11) is -1.38. The average Bonchev–Trinajstić information content (AvgIpc) is 3.06. The van der Waals surface area contributed by atoms with Crippen molar-refractivity contribution in [3.63, 3.8) is 0 Å². The van der Waals surface area contributed by atoms with E-state index in [0.717, 1.165) is 25.8 Å². The molecule has 0 bridgehead atoms. The van der Waals surface area contributed by atoms with Gasteiger partial charge in [0.05, 0.1) is 6.04 Å². The minimum Gasteiger partial charge on any atom is -0.480 e. The minimum absolute atomic E-state index is 0.0522. The van der Waals surface area contributed by atoms with E-state index in [4.69, 9.17) is 15.8 Å². The first-order valence-corrected chi connectivity index (χ1v) is 8.72. The molecule has 0 aromatic heterocycles. The van der Waals surface area contributed by atoms with E-state index in [9.17, 15) is 14.7 Å². The molecule has 4 atom stereocenters. The molecule has 0 spiro atoms. The van der Waals surface area contributed by atoms with Crippen LogP contribution in [0.2, 0.25) is 6.32 Å². The lowest BCUT2D eigenvalue weighted by Crippen LogP contribution is -2.60. The third kappa shape index (κ3) is 4.69. The summed E-state index contributed by atoms with van der Waals surface area (Å²) in [6, 6.07) is -0.190. The zero-order valence-corrected chi connectivity index (χ0v) is 13.9. The van der Waals surface area contributed by atoms with Crippen molar-refractivity contribution in [3.05, 3.63) is 0 Å². The second kappa shape index (κ2) is 8.29. The summed E-state index contributed by atoms with van der Waals surface area (Å²) in [5.41, 5.74) is 4.80. The molecule has 7 N–H and O–H groups in total. The molecular weight excluding hydrogens is 313 g/mol. The van der Waals surface area contributed by atoms with E-state index in [-0.39, 0.29) is 43.1 Å². The van der Waals surface area contributed by atoms with Crippen LogP contribution in [0.4, 0.5) is 0 Å². The molecule has 2 rings (SSSR count). The highest BCUT2D eigenvalue weighted by molar-refractivity contribution is 6.40. The molecule has 0 radical (unpaired) electrons. The number of carboxylic acids is 1. The number of rotatable bonds is 7. The van der Waals surface area contributed by atoms with Crippen molar-refractivity contribution in [2.24, 2.45) is 17.6 Å². The Labute approximate surface area is 142 Å². The number of hydrogen-bond acceptors (Lipinski definition) is 6. The number of aliphatic carboxylic acids is 1. The zero-order chi connectivity index (χ0) is 17.7. The largest absolute Gasteiger partial charge is 0.480 e. The molecule has 1 aliphatic carbocycles. The average molecular weight is 341 g/mol. The smallest absolute Gasteiger partial charge is 0.451 e. The fraction of sp³-hybridized carbons (Fsp3) is 0.867. The summed E-state index contributed by atoms with van der Waals surface area (Å²) in [6.07, 6.45) is 4.19. The predicted molar refractivity (Wildman–Crippen MR) is 89.0 cm³/mol. The highest BCUT2D eigenvalue weighted by Crippen LogP contribution is 2.38. The summed E-state index contributed by atoms with van der Waals surface area (Å²) in [5.74, 6) is -1.42. The maximum Gasteiger partial charge on any atom is 0.451 e. The van der Waals surface area contributed by atoms with E-state index in [2.05, 4.69) is 10.6 Å². The lowest BCUT2D eigenvalue weighted by atomic mass is 9.66. The van der Waals surface area contributed by atoms with Gasteiger partial charge in [-0.3, -0.25) is 9.59 Å². The van der Waals surface area contributed by atoms with Crippen molar-refractivity contribution >= 4 is 19.0 Å². The summed E-state index contributed by atoms with van der Waals surface area (Å²) in [5, 5.41) is 33.5. The van der Waals surface area contributed by atoms with Crippen LogP contribution in [0.25, 0.3) is 0 Å². The van der Waals surface area contributed by atoms with Gasteiger partial charge in [0, 0.05) is 12.5 Å². The number of amides is 1. The molecule has 1 saturated heterocycles. The first kappa shape index (κ1) is 19.2. The molecule has 2 aliphatic rings. The van der Waals surface area contributed by atoms with Gasteiger partial charge < -0.3 is 31.5 Å². The van der Waals surface area contributed by atoms with Gasteiger partial charge in [-0.1, -0.05) is 6.42 Å². The molecule has 1 aliphatic heterocycles. The van der Waals surface area contributed by atoms with E-state index in [0.29, 0.717) is 12.8 Å². The molecule has 0 aromatic rings. The Morgan fingerprint density at radius 1 is 1.29 bits per heavy atom. The van der Waals surface area contributed by atoms with Crippen LogP contribution in [0.1, 0.15) is 38.5 Å². The maximum atomic E-state index is 12.1. The van der Waals surface area contributed by atoms with E-state index >= 15 is 0 Å². The van der Waals surface area contributed by atoms with Crippen LogP contribution in [0.15, 0.2) is 0 Å². The van der Waals surface area contributed by atoms with E-state index in [1.165, 1.54) is 0 Å². The van der Waals surface area contributed by atoms with Crippen LogP contribution >= 0.6 is 0 Å². The van der Waals surface area contributed by atoms with Gasteiger partial charge in [-0.25, -0.2) is 0 Å². The molecule has 8 nitrogen and oxygen atoms in total. The maximum absolute atomic E-state index is 12.1. The molecule has 9 heteroatoms. The molecule has 136 valence electrons. The highest BCUT2D eigenvalue weighted by atomic mass is 16.4. The topological polar surface area (TPSA) is 145 Å². The van der Waals surface area contributed by atoms with Gasteiger partial charge in [-0.2, -0.15) is 0 Å². The molecule has 24 heavy (non-hydrogen) atoms. The van der Waals surface area contributed by atoms with Crippen LogP contribution in [0.5, 0.6) is 0 Å². The number of carbonyl (C=O) groups excluding carboxylic acids is 1.